The van der Waals surface area contributed by atoms with E-state index in [0.717, 1.165) is 17.8 Å². The van der Waals surface area contributed by atoms with E-state index in [4.69, 9.17) is 4.74 Å². The molecule has 0 atom stereocenters. The van der Waals surface area contributed by atoms with Gasteiger partial charge in [-0.2, -0.15) is 8.78 Å². The molecular formula is C14H15F2N3O3S. The van der Waals surface area contributed by atoms with Gasteiger partial charge < -0.3 is 9.47 Å². The molecule has 0 unspecified atom stereocenters. The minimum Gasteiger partial charge on any atom is -0.493 e. The number of nitrogens with zero attached hydrogens (tertiary/aromatic N) is 2. The van der Waals surface area contributed by atoms with E-state index in [2.05, 4.69) is 20.3 Å². The number of alkyl halides is 2. The third-order valence-corrected chi connectivity index (χ3v) is 3.69. The number of anilines is 1. The van der Waals surface area contributed by atoms with E-state index in [1.807, 2.05) is 6.92 Å². The molecule has 2 aromatic rings. The molecule has 23 heavy (non-hydrogen) atoms. The second kappa shape index (κ2) is 7.82. The Morgan fingerprint density at radius 3 is 2.78 bits per heavy atom. The van der Waals surface area contributed by atoms with E-state index in [1.54, 1.807) is 0 Å². The van der Waals surface area contributed by atoms with Crippen LogP contribution in [0.25, 0.3) is 0 Å². The maximum absolute atomic E-state index is 12.3. The molecule has 0 radical (unpaired) electrons. The Kier molecular flexibility index (Phi) is 5.80. The summed E-state index contributed by atoms with van der Waals surface area (Å²) in [6, 6.07) is 3.94. The number of ether oxygens (including phenoxy) is 2. The summed E-state index contributed by atoms with van der Waals surface area (Å²) < 4.78 is 33.8. The third kappa shape index (κ3) is 4.59. The number of rotatable bonds is 7. The fourth-order valence-electron chi connectivity index (χ4n) is 1.79. The average molecular weight is 343 g/mol. The molecule has 1 aromatic carbocycles. The van der Waals surface area contributed by atoms with Gasteiger partial charge in [-0.1, -0.05) is 18.3 Å². The molecule has 0 bridgehead atoms. The van der Waals surface area contributed by atoms with Gasteiger partial charge in [0.05, 0.1) is 7.11 Å². The number of nitrogens with one attached hydrogen (secondary N) is 1. The number of benzene rings is 1. The predicted octanol–water partition coefficient (Wildman–Crippen LogP) is 3.35. The number of methoxy groups -OCH3 is 1. The number of hydrogen-bond acceptors (Lipinski definition) is 6. The monoisotopic (exact) mass is 343 g/mol. The lowest BCUT2D eigenvalue weighted by Crippen LogP contribution is -2.12. The Morgan fingerprint density at radius 2 is 2.13 bits per heavy atom. The first-order valence-electron chi connectivity index (χ1n) is 6.80. The van der Waals surface area contributed by atoms with Gasteiger partial charge in [0.25, 0.3) is 5.91 Å². The van der Waals surface area contributed by atoms with Gasteiger partial charge in [-0.15, -0.1) is 10.2 Å². The van der Waals surface area contributed by atoms with Gasteiger partial charge in [0.2, 0.25) is 5.13 Å². The van der Waals surface area contributed by atoms with E-state index in [-0.39, 0.29) is 17.1 Å². The molecule has 0 aliphatic heterocycles. The molecule has 0 saturated heterocycles. The topological polar surface area (TPSA) is 73.3 Å². The first kappa shape index (κ1) is 17.1. The number of aryl methyl sites for hydroxylation is 1. The normalized spacial score (nSPS) is 10.7. The Hall–Kier alpha value is -2.29. The lowest BCUT2D eigenvalue weighted by atomic mass is 10.2. The van der Waals surface area contributed by atoms with E-state index >= 15 is 0 Å². The van der Waals surface area contributed by atoms with E-state index in [9.17, 15) is 13.6 Å². The number of carbonyl (C=O) groups is 1. The highest BCUT2D eigenvalue weighted by atomic mass is 32.1. The second-order valence-corrected chi connectivity index (χ2v) is 5.51. The highest BCUT2D eigenvalue weighted by molar-refractivity contribution is 7.15. The van der Waals surface area contributed by atoms with Gasteiger partial charge in [0.1, 0.15) is 5.01 Å². The highest BCUT2D eigenvalue weighted by Crippen LogP contribution is 2.29. The molecule has 0 aliphatic carbocycles. The van der Waals surface area contributed by atoms with Gasteiger partial charge in [-0.05, 0) is 24.6 Å². The number of halogens is 2. The molecule has 1 amide bonds. The fraction of sp³-hybridized carbons (Fsp3) is 0.357. The van der Waals surface area contributed by atoms with Crippen LogP contribution in [-0.2, 0) is 6.42 Å². The molecule has 124 valence electrons. The molecule has 9 heteroatoms. The molecule has 6 nitrogen and oxygen atoms in total. The molecule has 1 aromatic heterocycles. The van der Waals surface area contributed by atoms with Crippen LogP contribution in [0.5, 0.6) is 11.5 Å². The zero-order valence-electron chi connectivity index (χ0n) is 12.5. The van der Waals surface area contributed by atoms with Gasteiger partial charge >= 0.3 is 6.61 Å². The van der Waals surface area contributed by atoms with Gasteiger partial charge in [0, 0.05) is 12.0 Å². The maximum atomic E-state index is 12.3. The van der Waals surface area contributed by atoms with Crippen molar-refractivity contribution in [2.45, 2.75) is 26.4 Å². The predicted molar refractivity (Wildman–Crippen MR) is 81.5 cm³/mol. The molecule has 2 rings (SSSR count). The van der Waals surface area contributed by atoms with Crippen LogP contribution in [0.2, 0.25) is 0 Å². The average Bonchev–Trinajstić information content (AvgIpc) is 2.94. The van der Waals surface area contributed by atoms with Crippen LogP contribution in [-0.4, -0.2) is 29.8 Å². The molecule has 0 spiro atoms. The molecule has 0 saturated carbocycles. The van der Waals surface area contributed by atoms with Crippen molar-refractivity contribution in [3.05, 3.63) is 28.8 Å². The van der Waals surface area contributed by atoms with Crippen molar-refractivity contribution in [2.24, 2.45) is 0 Å². The van der Waals surface area contributed by atoms with Gasteiger partial charge in [-0.3, -0.25) is 10.1 Å². The number of hydrogen-bond donors (Lipinski definition) is 1. The standard InChI is InChI=1S/C14H15F2N3O3S/c1-3-4-11-18-19-14(23-11)17-12(20)8-5-6-9(22-13(15)16)10(7-8)21-2/h5-7,13H,3-4H2,1-2H3,(H,17,19,20). The quantitative estimate of drug-likeness (QED) is 0.834. The molecule has 0 aliphatic rings. The molecule has 0 fully saturated rings. The molecule has 1 N–H and O–H groups in total. The van der Waals surface area contributed by atoms with Crippen molar-refractivity contribution in [1.29, 1.82) is 0 Å². The van der Waals surface area contributed by atoms with Crippen LogP contribution in [0.15, 0.2) is 18.2 Å². The first-order chi connectivity index (χ1) is 11.0. The summed E-state index contributed by atoms with van der Waals surface area (Å²) in [6.45, 7) is -0.948. The van der Waals surface area contributed by atoms with Gasteiger partial charge in [-0.25, -0.2) is 0 Å². The highest BCUT2D eigenvalue weighted by Gasteiger charge is 2.15. The largest absolute Gasteiger partial charge is 0.493 e. The van der Waals surface area contributed by atoms with Crippen LogP contribution in [0.4, 0.5) is 13.9 Å². The Labute approximate surface area is 135 Å². The number of aromatic nitrogens is 2. The smallest absolute Gasteiger partial charge is 0.387 e. The summed E-state index contributed by atoms with van der Waals surface area (Å²) in [4.78, 5) is 12.2. The Balaban J connectivity index is 2.12. The summed E-state index contributed by atoms with van der Waals surface area (Å²) in [6.07, 6.45) is 1.73. The van der Waals surface area contributed by atoms with Crippen molar-refractivity contribution in [3.8, 4) is 11.5 Å². The lowest BCUT2D eigenvalue weighted by molar-refractivity contribution is -0.0512. The Morgan fingerprint density at radius 1 is 1.35 bits per heavy atom. The summed E-state index contributed by atoms with van der Waals surface area (Å²) in [5.74, 6) is -0.534. The summed E-state index contributed by atoms with van der Waals surface area (Å²) in [5.41, 5.74) is 0.232. The van der Waals surface area contributed by atoms with E-state index in [1.165, 1.54) is 36.6 Å². The van der Waals surface area contributed by atoms with Crippen molar-refractivity contribution >= 4 is 22.4 Å². The van der Waals surface area contributed by atoms with Crippen molar-refractivity contribution in [3.63, 3.8) is 0 Å². The summed E-state index contributed by atoms with van der Waals surface area (Å²) >= 11 is 1.29. The van der Waals surface area contributed by atoms with E-state index in [0.29, 0.717) is 5.13 Å². The first-order valence-corrected chi connectivity index (χ1v) is 7.61. The zero-order chi connectivity index (χ0) is 16.8. The summed E-state index contributed by atoms with van der Waals surface area (Å²) in [5, 5.41) is 11.7. The van der Waals surface area contributed by atoms with Crippen LogP contribution < -0.4 is 14.8 Å². The van der Waals surface area contributed by atoms with Gasteiger partial charge in [0.15, 0.2) is 11.5 Å². The van der Waals surface area contributed by atoms with Crippen LogP contribution >= 0.6 is 11.3 Å². The third-order valence-electron chi connectivity index (χ3n) is 2.79. The number of carbonyl (C=O) groups excluding carboxylic acids is 1. The second-order valence-electron chi connectivity index (χ2n) is 4.45. The van der Waals surface area contributed by atoms with Crippen LogP contribution in [0.3, 0.4) is 0 Å². The van der Waals surface area contributed by atoms with Crippen molar-refractivity contribution in [2.75, 3.05) is 12.4 Å². The van der Waals surface area contributed by atoms with Crippen LogP contribution in [0.1, 0.15) is 28.7 Å². The maximum Gasteiger partial charge on any atom is 0.387 e. The molecule has 1 heterocycles. The van der Waals surface area contributed by atoms with Crippen LogP contribution in [0, 0.1) is 0 Å². The zero-order valence-corrected chi connectivity index (χ0v) is 13.3. The van der Waals surface area contributed by atoms with E-state index < -0.39 is 12.5 Å². The lowest BCUT2D eigenvalue weighted by Gasteiger charge is -2.11. The van der Waals surface area contributed by atoms with Crippen molar-refractivity contribution < 1.29 is 23.0 Å². The number of amides is 1. The SMILES string of the molecule is CCCc1nnc(NC(=O)c2ccc(OC(F)F)c(OC)c2)s1. The molecular weight excluding hydrogens is 328 g/mol. The Bertz CT molecular complexity index is 679. The van der Waals surface area contributed by atoms with Crippen molar-refractivity contribution in [1.82, 2.24) is 10.2 Å². The minimum absolute atomic E-state index is 0.0434. The minimum atomic E-state index is -2.97. The fourth-order valence-corrected chi connectivity index (χ4v) is 2.63. The summed E-state index contributed by atoms with van der Waals surface area (Å²) in [7, 11) is 1.30.